The van der Waals surface area contributed by atoms with Gasteiger partial charge in [0.25, 0.3) is 5.91 Å². The maximum atomic E-state index is 12.5. The minimum absolute atomic E-state index is 0.0548. The molecule has 110 valence electrons. The van der Waals surface area contributed by atoms with E-state index < -0.39 is 5.97 Å². The lowest BCUT2D eigenvalue weighted by atomic mass is 10.1. The van der Waals surface area contributed by atoms with Crippen molar-refractivity contribution in [1.82, 2.24) is 4.98 Å². The van der Waals surface area contributed by atoms with E-state index in [0.717, 1.165) is 16.8 Å². The fourth-order valence-electron chi connectivity index (χ4n) is 2.49. The summed E-state index contributed by atoms with van der Waals surface area (Å²) in [6.45, 7) is 7.16. The number of anilines is 1. The standard InChI is InChI=1S/C16H18N2O3/c1-8-6-5-7-9(2)13(8)18-15(19)12-10(3)14(16(20)21)17-11(12)4/h5-7,17H,1-4H3,(H,18,19)(H,20,21). The summed E-state index contributed by atoms with van der Waals surface area (Å²) < 4.78 is 0. The van der Waals surface area contributed by atoms with Gasteiger partial charge in [-0.2, -0.15) is 0 Å². The van der Waals surface area contributed by atoms with Crippen LogP contribution in [0.4, 0.5) is 5.69 Å². The first-order chi connectivity index (χ1) is 9.82. The number of amides is 1. The topological polar surface area (TPSA) is 82.2 Å². The van der Waals surface area contributed by atoms with E-state index >= 15 is 0 Å². The number of carboxylic acids is 1. The molecule has 1 heterocycles. The van der Waals surface area contributed by atoms with Crippen LogP contribution in [0.25, 0.3) is 0 Å². The monoisotopic (exact) mass is 286 g/mol. The molecule has 0 atom stereocenters. The zero-order valence-electron chi connectivity index (χ0n) is 12.5. The fourth-order valence-corrected chi connectivity index (χ4v) is 2.49. The highest BCUT2D eigenvalue weighted by molar-refractivity contribution is 6.08. The van der Waals surface area contributed by atoms with Crippen LogP contribution in [0.3, 0.4) is 0 Å². The van der Waals surface area contributed by atoms with Crippen LogP contribution in [-0.4, -0.2) is 22.0 Å². The number of carbonyl (C=O) groups excluding carboxylic acids is 1. The Labute approximate surface area is 123 Å². The number of benzene rings is 1. The number of hydrogen-bond donors (Lipinski definition) is 3. The average molecular weight is 286 g/mol. The predicted octanol–water partition coefficient (Wildman–Crippen LogP) is 3.20. The summed E-state index contributed by atoms with van der Waals surface area (Å²) in [6, 6.07) is 5.76. The largest absolute Gasteiger partial charge is 0.477 e. The maximum Gasteiger partial charge on any atom is 0.352 e. The summed E-state index contributed by atoms with van der Waals surface area (Å²) in [6.07, 6.45) is 0. The van der Waals surface area contributed by atoms with E-state index in [1.807, 2.05) is 32.0 Å². The van der Waals surface area contributed by atoms with Crippen LogP contribution in [0.1, 0.15) is 43.2 Å². The molecule has 0 aliphatic rings. The number of aromatic carboxylic acids is 1. The molecule has 1 aromatic carbocycles. The van der Waals surface area contributed by atoms with Crippen LogP contribution >= 0.6 is 0 Å². The van der Waals surface area contributed by atoms with Crippen molar-refractivity contribution in [1.29, 1.82) is 0 Å². The minimum Gasteiger partial charge on any atom is -0.477 e. The van der Waals surface area contributed by atoms with Crippen molar-refractivity contribution in [3.8, 4) is 0 Å². The number of hydrogen-bond acceptors (Lipinski definition) is 2. The van der Waals surface area contributed by atoms with Gasteiger partial charge in [0.15, 0.2) is 0 Å². The average Bonchev–Trinajstić information content (AvgIpc) is 2.69. The van der Waals surface area contributed by atoms with Crippen LogP contribution in [0.2, 0.25) is 0 Å². The SMILES string of the molecule is Cc1cccc(C)c1NC(=O)c1c(C)[nH]c(C(=O)O)c1C. The zero-order valence-corrected chi connectivity index (χ0v) is 12.5. The molecule has 21 heavy (non-hydrogen) atoms. The van der Waals surface area contributed by atoms with Gasteiger partial charge in [-0.15, -0.1) is 0 Å². The lowest BCUT2D eigenvalue weighted by molar-refractivity contribution is 0.0690. The summed E-state index contributed by atoms with van der Waals surface area (Å²) >= 11 is 0. The van der Waals surface area contributed by atoms with Gasteiger partial charge in [0, 0.05) is 11.4 Å². The third kappa shape index (κ3) is 2.67. The van der Waals surface area contributed by atoms with Gasteiger partial charge in [0.1, 0.15) is 5.69 Å². The van der Waals surface area contributed by atoms with E-state index in [0.29, 0.717) is 16.8 Å². The Bertz CT molecular complexity index is 709. The molecule has 3 N–H and O–H groups in total. The fraction of sp³-hybridized carbons (Fsp3) is 0.250. The van der Waals surface area contributed by atoms with Crippen molar-refractivity contribution in [2.45, 2.75) is 27.7 Å². The third-order valence-electron chi connectivity index (χ3n) is 3.60. The first-order valence-electron chi connectivity index (χ1n) is 6.63. The molecule has 0 saturated carbocycles. The lowest BCUT2D eigenvalue weighted by Crippen LogP contribution is -2.15. The highest BCUT2D eigenvalue weighted by Crippen LogP contribution is 2.23. The van der Waals surface area contributed by atoms with Crippen LogP contribution in [-0.2, 0) is 0 Å². The third-order valence-corrected chi connectivity index (χ3v) is 3.60. The second kappa shape index (κ2) is 5.44. The number of aromatic nitrogens is 1. The van der Waals surface area contributed by atoms with Crippen molar-refractivity contribution in [3.63, 3.8) is 0 Å². The van der Waals surface area contributed by atoms with E-state index in [-0.39, 0.29) is 11.6 Å². The first kappa shape index (κ1) is 14.8. The number of nitrogens with one attached hydrogen (secondary N) is 2. The molecule has 0 spiro atoms. The van der Waals surface area contributed by atoms with Crippen LogP contribution < -0.4 is 5.32 Å². The van der Waals surface area contributed by atoms with Gasteiger partial charge < -0.3 is 15.4 Å². The molecule has 0 fully saturated rings. The molecular weight excluding hydrogens is 268 g/mol. The second-order valence-corrected chi connectivity index (χ2v) is 5.15. The minimum atomic E-state index is -1.07. The molecule has 1 aromatic heterocycles. The zero-order chi connectivity index (χ0) is 15.7. The quantitative estimate of drug-likeness (QED) is 0.810. The second-order valence-electron chi connectivity index (χ2n) is 5.15. The highest BCUT2D eigenvalue weighted by Gasteiger charge is 2.22. The van der Waals surface area contributed by atoms with Crippen LogP contribution in [0.5, 0.6) is 0 Å². The number of carbonyl (C=O) groups is 2. The van der Waals surface area contributed by atoms with Crippen molar-refractivity contribution in [2.75, 3.05) is 5.32 Å². The number of rotatable bonds is 3. The van der Waals surface area contributed by atoms with Crippen molar-refractivity contribution >= 4 is 17.6 Å². The summed E-state index contributed by atoms with van der Waals surface area (Å²) in [7, 11) is 0. The van der Waals surface area contributed by atoms with Gasteiger partial charge in [-0.3, -0.25) is 4.79 Å². The number of aryl methyl sites for hydroxylation is 3. The lowest BCUT2D eigenvalue weighted by Gasteiger charge is -2.11. The number of aromatic amines is 1. The molecular formula is C16H18N2O3. The molecule has 5 nitrogen and oxygen atoms in total. The maximum absolute atomic E-state index is 12.5. The van der Waals surface area contributed by atoms with Crippen LogP contribution in [0.15, 0.2) is 18.2 Å². The Kier molecular flexibility index (Phi) is 3.84. The smallest absolute Gasteiger partial charge is 0.352 e. The van der Waals surface area contributed by atoms with Gasteiger partial charge in [0.2, 0.25) is 0 Å². The molecule has 0 bridgehead atoms. The van der Waals surface area contributed by atoms with Crippen LogP contribution in [0, 0.1) is 27.7 Å². The molecule has 0 unspecified atom stereocenters. The molecule has 0 aliphatic heterocycles. The van der Waals surface area contributed by atoms with E-state index in [4.69, 9.17) is 5.11 Å². The van der Waals surface area contributed by atoms with E-state index in [1.165, 1.54) is 0 Å². The Balaban J connectivity index is 2.40. The van der Waals surface area contributed by atoms with Gasteiger partial charge in [-0.05, 0) is 44.4 Å². The summed E-state index contributed by atoms with van der Waals surface area (Å²) in [4.78, 5) is 26.3. The molecule has 2 aromatic rings. The molecule has 2 rings (SSSR count). The van der Waals surface area contributed by atoms with E-state index in [2.05, 4.69) is 10.3 Å². The number of para-hydroxylation sites is 1. The Morgan fingerprint density at radius 2 is 1.67 bits per heavy atom. The molecule has 5 heteroatoms. The molecule has 0 aliphatic carbocycles. The van der Waals surface area contributed by atoms with Gasteiger partial charge >= 0.3 is 5.97 Å². The summed E-state index contributed by atoms with van der Waals surface area (Å²) in [5, 5.41) is 12.0. The van der Waals surface area contributed by atoms with Gasteiger partial charge in [-0.1, -0.05) is 18.2 Å². The summed E-state index contributed by atoms with van der Waals surface area (Å²) in [5.74, 6) is -1.37. The van der Waals surface area contributed by atoms with Gasteiger partial charge in [-0.25, -0.2) is 4.79 Å². The highest BCUT2D eigenvalue weighted by atomic mass is 16.4. The first-order valence-corrected chi connectivity index (χ1v) is 6.63. The van der Waals surface area contributed by atoms with Crippen molar-refractivity contribution in [3.05, 3.63) is 51.8 Å². The number of carboxylic acid groups (broad SMARTS) is 1. The Morgan fingerprint density at radius 3 is 2.14 bits per heavy atom. The van der Waals surface area contributed by atoms with E-state index in [9.17, 15) is 9.59 Å². The summed E-state index contributed by atoms with van der Waals surface area (Å²) in [5.41, 5.74) is 4.13. The molecule has 0 saturated heterocycles. The van der Waals surface area contributed by atoms with E-state index in [1.54, 1.807) is 13.8 Å². The number of H-pyrrole nitrogens is 1. The molecule has 1 amide bonds. The normalized spacial score (nSPS) is 10.5. The Hall–Kier alpha value is -2.56. The van der Waals surface area contributed by atoms with Crippen molar-refractivity contribution in [2.24, 2.45) is 0 Å². The van der Waals surface area contributed by atoms with Gasteiger partial charge in [0.05, 0.1) is 5.56 Å². The predicted molar refractivity (Wildman–Crippen MR) is 81.1 cm³/mol. The van der Waals surface area contributed by atoms with Crippen molar-refractivity contribution < 1.29 is 14.7 Å². The Morgan fingerprint density at radius 1 is 1.10 bits per heavy atom. The molecule has 0 radical (unpaired) electrons.